The van der Waals surface area contributed by atoms with Gasteiger partial charge in [-0.1, -0.05) is 18.5 Å². The molecule has 0 saturated heterocycles. The van der Waals surface area contributed by atoms with Crippen LogP contribution in [-0.4, -0.2) is 21.1 Å². The molecule has 0 atom stereocenters. The third-order valence-electron chi connectivity index (χ3n) is 3.14. The highest BCUT2D eigenvalue weighted by Gasteiger charge is 2.08. The predicted octanol–water partition coefficient (Wildman–Crippen LogP) is 3.42. The summed E-state index contributed by atoms with van der Waals surface area (Å²) in [6.45, 7) is 7.74. The van der Waals surface area contributed by atoms with Crippen LogP contribution in [0.5, 0.6) is 0 Å². The van der Waals surface area contributed by atoms with Gasteiger partial charge in [0.15, 0.2) is 0 Å². The van der Waals surface area contributed by atoms with Gasteiger partial charge in [-0.2, -0.15) is 0 Å². The maximum atomic E-state index is 6.22. The molecule has 2 rings (SSSR count). The molecule has 0 bridgehead atoms. The van der Waals surface area contributed by atoms with Crippen molar-refractivity contribution < 1.29 is 0 Å². The van der Waals surface area contributed by atoms with Gasteiger partial charge in [0.25, 0.3) is 0 Å². The highest BCUT2D eigenvalue weighted by molar-refractivity contribution is 6.31. The van der Waals surface area contributed by atoms with Crippen LogP contribution in [0.15, 0.2) is 18.5 Å². The number of hydrogen-bond donors (Lipinski definition) is 1. The summed E-state index contributed by atoms with van der Waals surface area (Å²) in [5.41, 5.74) is 3.05. The van der Waals surface area contributed by atoms with E-state index < -0.39 is 0 Å². The second-order valence-electron chi connectivity index (χ2n) is 4.60. The summed E-state index contributed by atoms with van der Waals surface area (Å²) in [5, 5.41) is 3.96. The van der Waals surface area contributed by atoms with E-state index in [0.717, 1.165) is 35.9 Å². The first-order valence-corrected chi connectivity index (χ1v) is 6.87. The quantitative estimate of drug-likeness (QED) is 0.911. The number of aryl methyl sites for hydroxylation is 1. The van der Waals surface area contributed by atoms with Crippen molar-refractivity contribution in [2.45, 2.75) is 33.7 Å². The van der Waals surface area contributed by atoms with Crippen LogP contribution in [0.1, 0.15) is 30.4 Å². The van der Waals surface area contributed by atoms with Crippen molar-refractivity contribution >= 4 is 17.4 Å². The summed E-state index contributed by atoms with van der Waals surface area (Å²) in [5.74, 6) is 0.871. The molecule has 2 aromatic rings. The second kappa shape index (κ2) is 6.06. The van der Waals surface area contributed by atoms with E-state index >= 15 is 0 Å². The molecule has 2 aromatic heterocycles. The van der Waals surface area contributed by atoms with Gasteiger partial charge in [-0.25, -0.2) is 9.97 Å². The van der Waals surface area contributed by atoms with Crippen LogP contribution >= 0.6 is 11.6 Å². The number of hydrogen-bond acceptors (Lipinski definition) is 3. The smallest absolute Gasteiger partial charge is 0.126 e. The zero-order valence-electron chi connectivity index (χ0n) is 11.6. The lowest BCUT2D eigenvalue weighted by molar-refractivity contribution is 0.748. The number of imidazole rings is 1. The first-order chi connectivity index (χ1) is 9.11. The molecule has 0 amide bonds. The van der Waals surface area contributed by atoms with Crippen LogP contribution in [0.4, 0.5) is 5.82 Å². The SMILES string of the molecule is CCCNc1ccc(Cl)c(Cn2cnc(C)c2C)n1. The molecule has 0 saturated carbocycles. The van der Waals surface area contributed by atoms with Gasteiger partial charge in [0, 0.05) is 12.2 Å². The normalized spacial score (nSPS) is 10.7. The monoisotopic (exact) mass is 278 g/mol. The van der Waals surface area contributed by atoms with E-state index in [0.29, 0.717) is 11.6 Å². The van der Waals surface area contributed by atoms with Crippen LogP contribution in [0.2, 0.25) is 5.02 Å². The Morgan fingerprint density at radius 3 is 2.74 bits per heavy atom. The third-order valence-corrected chi connectivity index (χ3v) is 3.48. The largest absolute Gasteiger partial charge is 0.370 e. The zero-order valence-corrected chi connectivity index (χ0v) is 12.3. The van der Waals surface area contributed by atoms with Gasteiger partial charge < -0.3 is 9.88 Å². The number of pyridine rings is 1. The Balaban J connectivity index is 2.21. The van der Waals surface area contributed by atoms with Crippen LogP contribution in [0.3, 0.4) is 0 Å². The van der Waals surface area contributed by atoms with Gasteiger partial charge >= 0.3 is 0 Å². The summed E-state index contributed by atoms with van der Waals surface area (Å²) >= 11 is 6.22. The Bertz CT molecular complexity index is 563. The van der Waals surface area contributed by atoms with E-state index in [2.05, 4.69) is 33.7 Å². The molecule has 0 aliphatic rings. The summed E-state index contributed by atoms with van der Waals surface area (Å²) in [4.78, 5) is 8.85. The van der Waals surface area contributed by atoms with E-state index in [1.165, 1.54) is 0 Å². The molecule has 4 nitrogen and oxygen atoms in total. The Morgan fingerprint density at radius 1 is 1.32 bits per heavy atom. The van der Waals surface area contributed by atoms with Crippen LogP contribution in [-0.2, 0) is 6.54 Å². The Labute approximate surface area is 118 Å². The third kappa shape index (κ3) is 3.26. The molecule has 2 heterocycles. The minimum absolute atomic E-state index is 0.646. The van der Waals surface area contributed by atoms with Crippen molar-refractivity contribution in [2.75, 3.05) is 11.9 Å². The van der Waals surface area contributed by atoms with Gasteiger partial charge in [-0.15, -0.1) is 0 Å². The van der Waals surface area contributed by atoms with Gasteiger partial charge in [0.2, 0.25) is 0 Å². The average molecular weight is 279 g/mol. The zero-order chi connectivity index (χ0) is 13.8. The summed E-state index contributed by atoms with van der Waals surface area (Å²) in [7, 11) is 0. The van der Waals surface area contributed by atoms with E-state index in [4.69, 9.17) is 11.6 Å². The lowest BCUT2D eigenvalue weighted by Crippen LogP contribution is -2.07. The summed E-state index contributed by atoms with van der Waals surface area (Å²) in [6, 6.07) is 3.80. The topological polar surface area (TPSA) is 42.7 Å². The fraction of sp³-hybridized carbons (Fsp3) is 0.429. The Hall–Kier alpha value is -1.55. The van der Waals surface area contributed by atoms with Crippen molar-refractivity contribution in [2.24, 2.45) is 0 Å². The molecule has 0 aromatic carbocycles. The lowest BCUT2D eigenvalue weighted by Gasteiger charge is -2.10. The first-order valence-electron chi connectivity index (χ1n) is 6.49. The molecule has 0 fully saturated rings. The maximum Gasteiger partial charge on any atom is 0.126 e. The highest BCUT2D eigenvalue weighted by Crippen LogP contribution is 2.19. The summed E-state index contributed by atoms with van der Waals surface area (Å²) < 4.78 is 2.06. The Kier molecular flexibility index (Phi) is 4.43. The predicted molar refractivity (Wildman–Crippen MR) is 78.8 cm³/mol. The van der Waals surface area contributed by atoms with E-state index in [1.807, 2.05) is 25.4 Å². The van der Waals surface area contributed by atoms with E-state index in [1.54, 1.807) is 0 Å². The highest BCUT2D eigenvalue weighted by atomic mass is 35.5. The minimum Gasteiger partial charge on any atom is -0.370 e. The van der Waals surface area contributed by atoms with Crippen LogP contribution in [0.25, 0.3) is 0 Å². The fourth-order valence-electron chi connectivity index (χ4n) is 1.81. The molecular formula is C14H19ClN4. The van der Waals surface area contributed by atoms with E-state index in [9.17, 15) is 0 Å². The van der Waals surface area contributed by atoms with Gasteiger partial charge in [0.05, 0.1) is 29.3 Å². The summed E-state index contributed by atoms with van der Waals surface area (Å²) in [6.07, 6.45) is 2.90. The van der Waals surface area contributed by atoms with Crippen LogP contribution < -0.4 is 5.32 Å². The Morgan fingerprint density at radius 2 is 2.11 bits per heavy atom. The van der Waals surface area contributed by atoms with Crippen molar-refractivity contribution in [3.05, 3.63) is 40.6 Å². The van der Waals surface area contributed by atoms with Crippen molar-refractivity contribution in [3.63, 3.8) is 0 Å². The molecule has 102 valence electrons. The maximum absolute atomic E-state index is 6.22. The molecule has 1 N–H and O–H groups in total. The molecule has 0 unspecified atom stereocenters. The molecule has 5 heteroatoms. The molecule has 0 aliphatic heterocycles. The molecule has 0 radical (unpaired) electrons. The van der Waals surface area contributed by atoms with Crippen molar-refractivity contribution in [3.8, 4) is 0 Å². The first kappa shape index (κ1) is 13.9. The number of nitrogens with one attached hydrogen (secondary N) is 1. The number of aromatic nitrogens is 3. The number of anilines is 1. The number of rotatable bonds is 5. The molecule has 0 spiro atoms. The number of nitrogens with zero attached hydrogens (tertiary/aromatic N) is 3. The van der Waals surface area contributed by atoms with Gasteiger partial charge in [-0.3, -0.25) is 0 Å². The molecular weight excluding hydrogens is 260 g/mol. The second-order valence-corrected chi connectivity index (χ2v) is 5.00. The van der Waals surface area contributed by atoms with Crippen molar-refractivity contribution in [1.29, 1.82) is 0 Å². The van der Waals surface area contributed by atoms with Gasteiger partial charge in [0.1, 0.15) is 5.82 Å². The van der Waals surface area contributed by atoms with E-state index in [-0.39, 0.29) is 0 Å². The van der Waals surface area contributed by atoms with Crippen molar-refractivity contribution in [1.82, 2.24) is 14.5 Å². The lowest BCUT2D eigenvalue weighted by atomic mass is 10.3. The average Bonchev–Trinajstić information content (AvgIpc) is 2.71. The van der Waals surface area contributed by atoms with Gasteiger partial charge in [-0.05, 0) is 32.4 Å². The molecule has 0 aliphatic carbocycles. The minimum atomic E-state index is 0.646. The standard InChI is InChI=1S/C14H19ClN4/c1-4-7-16-14-6-5-12(15)13(18-14)8-19-9-17-10(2)11(19)3/h5-6,9H,4,7-8H2,1-3H3,(H,16,18). The fourth-order valence-corrected chi connectivity index (χ4v) is 1.98. The molecule has 19 heavy (non-hydrogen) atoms. The number of halogens is 1. The van der Waals surface area contributed by atoms with Crippen LogP contribution in [0, 0.1) is 13.8 Å².